The molecular weight excluding hydrogens is 453 g/mol. The van der Waals surface area contributed by atoms with Crippen LogP contribution in [0.15, 0.2) is 52.2 Å². The first kappa shape index (κ1) is 26.5. The van der Waals surface area contributed by atoms with Crippen LogP contribution in [0.25, 0.3) is 0 Å². The lowest BCUT2D eigenvalue weighted by Crippen LogP contribution is -2.38. The van der Waals surface area contributed by atoms with Crippen LogP contribution in [-0.2, 0) is 23.4 Å². The minimum absolute atomic E-state index is 0.278. The molecule has 2 aromatic rings. The van der Waals surface area contributed by atoms with Crippen molar-refractivity contribution in [3.05, 3.63) is 63.4 Å². The zero-order valence-electron chi connectivity index (χ0n) is 19.2. The highest BCUT2D eigenvalue weighted by Crippen LogP contribution is 2.47. The van der Waals surface area contributed by atoms with E-state index in [9.17, 15) is 18.9 Å². The molecule has 5 atom stereocenters. The van der Waals surface area contributed by atoms with Gasteiger partial charge >= 0.3 is 19.4 Å². The third-order valence-corrected chi connectivity index (χ3v) is 6.49. The normalized spacial score (nSPS) is 16.8. The molecule has 12 heteroatoms. The van der Waals surface area contributed by atoms with Crippen molar-refractivity contribution in [1.82, 2.24) is 14.6 Å². The Morgan fingerprint density at radius 2 is 1.82 bits per heavy atom. The van der Waals surface area contributed by atoms with E-state index in [1.54, 1.807) is 44.2 Å². The molecule has 0 aliphatic carbocycles. The molecule has 4 unspecified atom stereocenters. The third kappa shape index (κ3) is 7.68. The van der Waals surface area contributed by atoms with Gasteiger partial charge in [0.1, 0.15) is 18.0 Å². The van der Waals surface area contributed by atoms with Crippen molar-refractivity contribution < 1.29 is 27.9 Å². The quantitative estimate of drug-likeness (QED) is 0.345. The Kier molecular flexibility index (Phi) is 9.60. The number of H-pyrrole nitrogens is 1. The Morgan fingerprint density at radius 1 is 1.15 bits per heavy atom. The first-order valence-electron chi connectivity index (χ1n) is 10.4. The SMILES string of the molecule is CC[C@H](OC(C)n1ccc(=O)[nH]c1=O)C(C)OP(=O)(NC(C)C(=O)OC)Oc1ccccc1. The van der Waals surface area contributed by atoms with E-state index in [0.29, 0.717) is 6.42 Å². The number of ether oxygens (including phenoxy) is 2. The van der Waals surface area contributed by atoms with E-state index >= 15 is 0 Å². The summed E-state index contributed by atoms with van der Waals surface area (Å²) in [6.07, 6.45) is -0.361. The maximum atomic E-state index is 13.6. The second-order valence-electron chi connectivity index (χ2n) is 7.29. The van der Waals surface area contributed by atoms with E-state index in [4.69, 9.17) is 13.8 Å². The highest BCUT2D eigenvalue weighted by atomic mass is 31.2. The molecule has 1 aromatic heterocycles. The molecule has 0 saturated heterocycles. The lowest BCUT2D eigenvalue weighted by Gasteiger charge is -2.30. The van der Waals surface area contributed by atoms with Gasteiger partial charge in [0.05, 0.1) is 19.3 Å². The van der Waals surface area contributed by atoms with E-state index in [1.807, 2.05) is 6.92 Å². The van der Waals surface area contributed by atoms with Gasteiger partial charge < -0.3 is 14.0 Å². The molecule has 182 valence electrons. The number of hydrogen-bond acceptors (Lipinski definition) is 8. The van der Waals surface area contributed by atoms with Crippen LogP contribution in [0.4, 0.5) is 0 Å². The highest BCUT2D eigenvalue weighted by Gasteiger charge is 2.36. The number of methoxy groups -OCH3 is 1. The molecule has 11 nitrogen and oxygen atoms in total. The summed E-state index contributed by atoms with van der Waals surface area (Å²) in [5, 5.41) is 2.59. The number of hydrogen-bond donors (Lipinski definition) is 2. The lowest BCUT2D eigenvalue weighted by atomic mass is 10.2. The van der Waals surface area contributed by atoms with Crippen LogP contribution in [0, 0.1) is 0 Å². The Morgan fingerprint density at radius 3 is 2.39 bits per heavy atom. The van der Waals surface area contributed by atoms with Crippen LogP contribution < -0.4 is 20.9 Å². The van der Waals surface area contributed by atoms with Gasteiger partial charge in [0.25, 0.3) is 5.56 Å². The standard InChI is InChI=1S/C21H30N3O8P/c1-6-18(30-16(4)24-13-12-19(25)22-21(24)27)15(3)31-33(28,23-14(2)20(26)29-5)32-17-10-8-7-9-11-17/h7-16,18H,6H2,1-5H3,(H,23,28)(H,22,25,27)/t14?,15?,16?,18-,33?/m0/s1. The minimum atomic E-state index is -4.07. The van der Waals surface area contributed by atoms with Gasteiger partial charge in [0, 0.05) is 12.3 Å². The third-order valence-electron chi connectivity index (χ3n) is 4.72. The maximum Gasteiger partial charge on any atom is 0.459 e. The summed E-state index contributed by atoms with van der Waals surface area (Å²) in [4.78, 5) is 37.4. The summed E-state index contributed by atoms with van der Waals surface area (Å²) in [5.41, 5.74) is -1.14. The maximum absolute atomic E-state index is 13.6. The Labute approximate surface area is 191 Å². The molecule has 0 aliphatic rings. The topological polar surface area (TPSA) is 138 Å². The van der Waals surface area contributed by atoms with E-state index in [-0.39, 0.29) is 5.75 Å². The fourth-order valence-electron chi connectivity index (χ4n) is 3.02. The Hall–Kier alpha value is -2.72. The summed E-state index contributed by atoms with van der Waals surface area (Å²) in [6, 6.07) is 8.61. The molecule has 0 fully saturated rings. The predicted octanol–water partition coefficient (Wildman–Crippen LogP) is 2.59. The zero-order valence-corrected chi connectivity index (χ0v) is 20.1. The summed E-state index contributed by atoms with van der Waals surface area (Å²) < 4.78 is 36.8. The van der Waals surface area contributed by atoms with Crippen molar-refractivity contribution in [1.29, 1.82) is 0 Å². The number of carbonyl (C=O) groups is 1. The molecular formula is C21H30N3O8P. The summed E-state index contributed by atoms with van der Waals surface area (Å²) in [7, 11) is -2.85. The van der Waals surface area contributed by atoms with Crippen LogP contribution in [0.5, 0.6) is 5.75 Å². The predicted molar refractivity (Wildman–Crippen MR) is 121 cm³/mol. The number of aromatic amines is 1. The molecule has 0 saturated carbocycles. The van der Waals surface area contributed by atoms with E-state index in [2.05, 4.69) is 14.8 Å². The molecule has 0 spiro atoms. The van der Waals surface area contributed by atoms with Crippen LogP contribution in [0.1, 0.15) is 40.3 Å². The Bertz CT molecular complexity index is 1070. The van der Waals surface area contributed by atoms with E-state index in [1.165, 1.54) is 30.9 Å². The molecule has 33 heavy (non-hydrogen) atoms. The molecule has 0 aliphatic heterocycles. The average molecular weight is 483 g/mol. The molecule has 1 aromatic carbocycles. The largest absolute Gasteiger partial charge is 0.468 e. The van der Waals surface area contributed by atoms with Crippen LogP contribution in [-0.4, -0.2) is 40.9 Å². The van der Waals surface area contributed by atoms with Crippen molar-refractivity contribution in [2.75, 3.05) is 7.11 Å². The number of esters is 1. The van der Waals surface area contributed by atoms with Gasteiger partial charge in [-0.3, -0.25) is 23.7 Å². The second-order valence-corrected chi connectivity index (χ2v) is 8.93. The smallest absolute Gasteiger partial charge is 0.459 e. The number of benzene rings is 1. The first-order valence-corrected chi connectivity index (χ1v) is 12.0. The highest BCUT2D eigenvalue weighted by molar-refractivity contribution is 7.52. The molecule has 2 N–H and O–H groups in total. The fourth-order valence-corrected chi connectivity index (χ4v) is 4.73. The van der Waals surface area contributed by atoms with Gasteiger partial charge in [0.2, 0.25) is 0 Å². The van der Waals surface area contributed by atoms with Gasteiger partial charge in [-0.25, -0.2) is 9.36 Å². The second kappa shape index (κ2) is 11.9. The minimum Gasteiger partial charge on any atom is -0.468 e. The lowest BCUT2D eigenvalue weighted by molar-refractivity contribution is -0.142. The number of para-hydroxylation sites is 1. The number of carbonyl (C=O) groups excluding carboxylic acids is 1. The zero-order chi connectivity index (χ0) is 24.6. The van der Waals surface area contributed by atoms with Crippen molar-refractivity contribution in [3.8, 4) is 5.75 Å². The van der Waals surface area contributed by atoms with Gasteiger partial charge in [-0.15, -0.1) is 0 Å². The van der Waals surface area contributed by atoms with Crippen molar-refractivity contribution in [2.24, 2.45) is 0 Å². The number of aromatic nitrogens is 2. The molecule has 1 heterocycles. The van der Waals surface area contributed by atoms with Crippen molar-refractivity contribution in [3.63, 3.8) is 0 Å². The molecule has 2 rings (SSSR count). The molecule has 0 radical (unpaired) electrons. The van der Waals surface area contributed by atoms with E-state index in [0.717, 1.165) is 0 Å². The summed E-state index contributed by atoms with van der Waals surface area (Å²) in [6.45, 7) is 6.58. The number of nitrogens with one attached hydrogen (secondary N) is 2. The molecule has 0 amide bonds. The Balaban J connectivity index is 2.21. The van der Waals surface area contributed by atoms with Gasteiger partial charge in [-0.1, -0.05) is 25.1 Å². The van der Waals surface area contributed by atoms with Gasteiger partial charge in [0.15, 0.2) is 0 Å². The summed E-state index contributed by atoms with van der Waals surface area (Å²) in [5.74, 6) is -0.364. The first-order chi connectivity index (χ1) is 15.6. The van der Waals surface area contributed by atoms with Crippen LogP contribution >= 0.6 is 7.75 Å². The fraction of sp³-hybridized carbons (Fsp3) is 0.476. The number of nitrogens with zero attached hydrogens (tertiary/aromatic N) is 1. The van der Waals surface area contributed by atoms with Crippen LogP contribution in [0.2, 0.25) is 0 Å². The number of rotatable bonds is 12. The van der Waals surface area contributed by atoms with Gasteiger partial charge in [-0.05, 0) is 39.3 Å². The van der Waals surface area contributed by atoms with E-state index < -0.39 is 49.4 Å². The van der Waals surface area contributed by atoms with Gasteiger partial charge in [-0.2, -0.15) is 5.09 Å². The molecule has 0 bridgehead atoms. The van der Waals surface area contributed by atoms with Crippen molar-refractivity contribution in [2.45, 2.75) is 58.6 Å². The monoisotopic (exact) mass is 483 g/mol. The average Bonchev–Trinajstić information content (AvgIpc) is 2.76. The van der Waals surface area contributed by atoms with Crippen LogP contribution in [0.3, 0.4) is 0 Å². The van der Waals surface area contributed by atoms with Crippen molar-refractivity contribution >= 4 is 13.7 Å². The summed E-state index contributed by atoms with van der Waals surface area (Å²) >= 11 is 0.